The summed E-state index contributed by atoms with van der Waals surface area (Å²) < 4.78 is 5.48. The van der Waals surface area contributed by atoms with Gasteiger partial charge in [-0.3, -0.25) is 0 Å². The summed E-state index contributed by atoms with van der Waals surface area (Å²) in [7, 11) is 0. The third-order valence-electron chi connectivity index (χ3n) is 4.00. The number of carbonyl (C=O) groups excluding carboxylic acids is 1. The highest BCUT2D eigenvalue weighted by atomic mass is 32.1. The normalized spacial score (nSPS) is 17.0. The Kier molecular flexibility index (Phi) is 4.47. The molecule has 1 aliphatic rings. The Hall–Kier alpha value is -1.82. The monoisotopic (exact) mass is 319 g/mol. The highest BCUT2D eigenvalue weighted by molar-refractivity contribution is 7.09. The molecule has 0 unspecified atom stereocenters. The zero-order valence-electron chi connectivity index (χ0n) is 12.9. The van der Waals surface area contributed by atoms with Crippen molar-refractivity contribution >= 4 is 17.4 Å². The number of carbonyl (C=O) groups is 1. The number of amides is 2. The van der Waals surface area contributed by atoms with E-state index in [0.717, 1.165) is 30.0 Å². The van der Waals surface area contributed by atoms with Gasteiger partial charge in [-0.2, -0.15) is 0 Å². The molecule has 6 heteroatoms. The van der Waals surface area contributed by atoms with Gasteiger partial charge in [-0.25, -0.2) is 9.78 Å². The minimum absolute atomic E-state index is 0.0300. The average Bonchev–Trinajstić information content (AvgIpc) is 3.01. The van der Waals surface area contributed by atoms with Gasteiger partial charge in [0.05, 0.1) is 18.3 Å². The van der Waals surface area contributed by atoms with Crippen LogP contribution in [0.3, 0.4) is 0 Å². The lowest BCUT2D eigenvalue weighted by atomic mass is 10.2. The summed E-state index contributed by atoms with van der Waals surface area (Å²) >= 11 is 1.58. The molecule has 1 saturated carbocycles. The van der Waals surface area contributed by atoms with Crippen LogP contribution in [0.2, 0.25) is 0 Å². The van der Waals surface area contributed by atoms with Gasteiger partial charge in [0.1, 0.15) is 10.8 Å². The Morgan fingerprint density at radius 2 is 2.41 bits per heavy atom. The molecular formula is C16H21N3O2S. The summed E-state index contributed by atoms with van der Waals surface area (Å²) in [5, 5.41) is 6.02. The molecule has 1 fully saturated rings. The third kappa shape index (κ3) is 3.16. The number of furan rings is 1. The van der Waals surface area contributed by atoms with E-state index in [1.807, 2.05) is 29.3 Å². The summed E-state index contributed by atoms with van der Waals surface area (Å²) in [5.74, 6) is 0.823. The third-order valence-corrected chi connectivity index (χ3v) is 4.89. The summed E-state index contributed by atoms with van der Waals surface area (Å²) in [4.78, 5) is 19.0. The van der Waals surface area contributed by atoms with Crippen LogP contribution >= 0.6 is 11.3 Å². The Labute approximate surface area is 134 Å². The first-order valence-electron chi connectivity index (χ1n) is 7.72. The molecule has 0 bridgehead atoms. The van der Waals surface area contributed by atoms with E-state index >= 15 is 0 Å². The fraction of sp³-hybridized carbons (Fsp3) is 0.500. The van der Waals surface area contributed by atoms with Gasteiger partial charge >= 0.3 is 6.03 Å². The van der Waals surface area contributed by atoms with Gasteiger partial charge in [-0.1, -0.05) is 6.92 Å². The van der Waals surface area contributed by atoms with Crippen molar-refractivity contribution in [3.8, 4) is 0 Å². The van der Waals surface area contributed by atoms with Crippen LogP contribution in [0.1, 0.15) is 56.0 Å². The fourth-order valence-electron chi connectivity index (χ4n) is 2.65. The van der Waals surface area contributed by atoms with Crippen molar-refractivity contribution < 1.29 is 9.21 Å². The average molecular weight is 319 g/mol. The highest BCUT2D eigenvalue weighted by Crippen LogP contribution is 2.35. The number of nitrogens with one attached hydrogen (secondary N) is 1. The molecule has 22 heavy (non-hydrogen) atoms. The van der Waals surface area contributed by atoms with E-state index in [1.54, 1.807) is 23.8 Å². The van der Waals surface area contributed by atoms with Gasteiger partial charge < -0.3 is 14.6 Å². The van der Waals surface area contributed by atoms with E-state index in [1.165, 1.54) is 0 Å². The van der Waals surface area contributed by atoms with Crippen molar-refractivity contribution in [3.05, 3.63) is 40.7 Å². The molecule has 1 aliphatic carbocycles. The van der Waals surface area contributed by atoms with Crippen LogP contribution < -0.4 is 5.32 Å². The molecule has 2 atom stereocenters. The molecule has 118 valence electrons. The molecule has 0 spiro atoms. The number of thiazole rings is 1. The van der Waals surface area contributed by atoms with Crippen LogP contribution in [0.25, 0.3) is 0 Å². The van der Waals surface area contributed by atoms with E-state index in [-0.39, 0.29) is 18.1 Å². The van der Waals surface area contributed by atoms with Crippen molar-refractivity contribution in [2.45, 2.75) is 51.2 Å². The molecule has 2 amide bonds. The summed E-state index contributed by atoms with van der Waals surface area (Å²) in [6.07, 6.45) is 6.38. The predicted molar refractivity (Wildman–Crippen MR) is 85.7 cm³/mol. The molecule has 0 aromatic carbocycles. The lowest BCUT2D eigenvalue weighted by molar-refractivity contribution is 0.162. The lowest BCUT2D eigenvalue weighted by Crippen LogP contribution is -2.44. The Bertz CT molecular complexity index is 593. The fourth-order valence-corrected chi connectivity index (χ4v) is 3.42. The number of hydrogen-bond acceptors (Lipinski definition) is 4. The van der Waals surface area contributed by atoms with Crippen molar-refractivity contribution in [1.82, 2.24) is 15.2 Å². The van der Waals surface area contributed by atoms with E-state index in [9.17, 15) is 4.79 Å². The maximum absolute atomic E-state index is 12.8. The quantitative estimate of drug-likeness (QED) is 0.871. The zero-order valence-corrected chi connectivity index (χ0v) is 13.7. The summed E-state index contributed by atoms with van der Waals surface area (Å²) in [6.45, 7) is 4.07. The van der Waals surface area contributed by atoms with Crippen LogP contribution in [0.15, 0.2) is 34.4 Å². The van der Waals surface area contributed by atoms with E-state index in [4.69, 9.17) is 4.42 Å². The first-order chi connectivity index (χ1) is 10.7. The van der Waals surface area contributed by atoms with Gasteiger partial charge in [0.25, 0.3) is 0 Å². The molecular weight excluding hydrogens is 298 g/mol. The van der Waals surface area contributed by atoms with Crippen molar-refractivity contribution in [3.63, 3.8) is 0 Å². The SMILES string of the molecule is CC[C@H](NC(=O)N(C1CC1)[C@@H](C)c1ccco1)c1nccs1. The maximum atomic E-state index is 12.8. The molecule has 3 rings (SSSR count). The topological polar surface area (TPSA) is 58.4 Å². The largest absolute Gasteiger partial charge is 0.467 e. The number of rotatable bonds is 6. The molecule has 5 nitrogen and oxygen atoms in total. The molecule has 2 heterocycles. The van der Waals surface area contributed by atoms with E-state index in [2.05, 4.69) is 17.2 Å². The van der Waals surface area contributed by atoms with E-state index in [0.29, 0.717) is 6.04 Å². The molecule has 2 aromatic rings. The minimum Gasteiger partial charge on any atom is -0.467 e. The lowest BCUT2D eigenvalue weighted by Gasteiger charge is -2.30. The number of nitrogens with zero attached hydrogens (tertiary/aromatic N) is 2. The number of urea groups is 1. The summed E-state index contributed by atoms with van der Waals surface area (Å²) in [6, 6.07) is 3.97. The summed E-state index contributed by atoms with van der Waals surface area (Å²) in [5.41, 5.74) is 0. The molecule has 0 aliphatic heterocycles. The standard InChI is InChI=1S/C16H21N3O2S/c1-3-13(15-17-8-10-22-15)18-16(20)19(12-6-7-12)11(2)14-5-4-9-21-14/h4-5,8-13H,3,6-7H2,1-2H3,(H,18,20)/t11-,13-/m0/s1. The van der Waals surface area contributed by atoms with Gasteiger partial charge in [-0.15, -0.1) is 11.3 Å². The maximum Gasteiger partial charge on any atom is 0.318 e. The molecule has 2 aromatic heterocycles. The van der Waals surface area contributed by atoms with Crippen LogP contribution in [-0.2, 0) is 0 Å². The van der Waals surface area contributed by atoms with Crippen LogP contribution in [0.4, 0.5) is 4.79 Å². The highest BCUT2D eigenvalue weighted by Gasteiger charge is 2.38. The molecule has 1 N–H and O–H groups in total. The van der Waals surface area contributed by atoms with E-state index < -0.39 is 0 Å². The second-order valence-electron chi connectivity index (χ2n) is 5.61. The van der Waals surface area contributed by atoms with Crippen LogP contribution in [0.5, 0.6) is 0 Å². The zero-order chi connectivity index (χ0) is 15.5. The van der Waals surface area contributed by atoms with Gasteiger partial charge in [0.15, 0.2) is 0 Å². The van der Waals surface area contributed by atoms with Gasteiger partial charge in [0.2, 0.25) is 0 Å². The van der Waals surface area contributed by atoms with Gasteiger partial charge in [-0.05, 0) is 38.3 Å². The Morgan fingerprint density at radius 3 is 2.95 bits per heavy atom. The van der Waals surface area contributed by atoms with Crippen LogP contribution in [0, 0.1) is 0 Å². The first-order valence-corrected chi connectivity index (χ1v) is 8.60. The number of aromatic nitrogens is 1. The smallest absolute Gasteiger partial charge is 0.318 e. The minimum atomic E-state index is -0.0590. The number of hydrogen-bond donors (Lipinski definition) is 1. The van der Waals surface area contributed by atoms with Crippen LogP contribution in [-0.4, -0.2) is 22.0 Å². The second-order valence-corrected chi connectivity index (χ2v) is 6.54. The van der Waals surface area contributed by atoms with Crippen molar-refractivity contribution in [1.29, 1.82) is 0 Å². The van der Waals surface area contributed by atoms with Crippen molar-refractivity contribution in [2.75, 3.05) is 0 Å². The molecule has 0 saturated heterocycles. The van der Waals surface area contributed by atoms with Gasteiger partial charge in [0, 0.05) is 17.6 Å². The Morgan fingerprint density at radius 1 is 1.59 bits per heavy atom. The first kappa shape index (κ1) is 15.1. The second kappa shape index (κ2) is 6.52. The predicted octanol–water partition coefficient (Wildman–Crippen LogP) is 4.12. The Balaban J connectivity index is 1.73. The molecule has 0 radical (unpaired) electrons. The van der Waals surface area contributed by atoms with Crippen molar-refractivity contribution in [2.24, 2.45) is 0 Å².